The van der Waals surface area contributed by atoms with E-state index >= 15 is 0 Å². The zero-order chi connectivity index (χ0) is 17.0. The molecule has 1 N–H and O–H groups in total. The summed E-state index contributed by atoms with van der Waals surface area (Å²) in [7, 11) is 0. The van der Waals surface area contributed by atoms with Gasteiger partial charge in [0.05, 0.1) is 16.2 Å². The van der Waals surface area contributed by atoms with Gasteiger partial charge in [0.25, 0.3) is 11.6 Å². The molecule has 2 aromatic carbocycles. The number of carbonyl (C=O) groups is 1. The van der Waals surface area contributed by atoms with Crippen molar-refractivity contribution >= 4 is 17.3 Å². The van der Waals surface area contributed by atoms with E-state index in [0.29, 0.717) is 17.0 Å². The average molecular weight is 314 g/mol. The number of hydrogen-bond donors (Lipinski definition) is 1. The summed E-state index contributed by atoms with van der Waals surface area (Å²) in [6, 6.07) is 10.3. The topological polar surface area (TPSA) is 81.5 Å². The maximum atomic E-state index is 12.0. The highest BCUT2D eigenvalue weighted by Gasteiger charge is 2.15. The summed E-state index contributed by atoms with van der Waals surface area (Å²) in [5, 5.41) is 13.5. The first-order valence-electron chi connectivity index (χ1n) is 7.12. The van der Waals surface area contributed by atoms with E-state index in [1.54, 1.807) is 13.0 Å². The largest absolute Gasteiger partial charge is 0.483 e. The number of carbonyl (C=O) groups excluding carboxylic acids is 1. The Hall–Kier alpha value is -2.89. The van der Waals surface area contributed by atoms with Crippen molar-refractivity contribution in [2.45, 2.75) is 20.8 Å². The van der Waals surface area contributed by atoms with Crippen LogP contribution in [0.5, 0.6) is 5.75 Å². The Morgan fingerprint density at radius 1 is 1.22 bits per heavy atom. The third kappa shape index (κ3) is 4.06. The van der Waals surface area contributed by atoms with Gasteiger partial charge in [-0.2, -0.15) is 0 Å². The minimum atomic E-state index is -0.475. The molecule has 0 bridgehead atoms. The molecule has 2 aromatic rings. The van der Waals surface area contributed by atoms with Gasteiger partial charge in [-0.05, 0) is 44.0 Å². The third-order valence-corrected chi connectivity index (χ3v) is 3.48. The number of nitro groups is 1. The van der Waals surface area contributed by atoms with Gasteiger partial charge in [-0.15, -0.1) is 0 Å². The monoisotopic (exact) mass is 314 g/mol. The first-order valence-corrected chi connectivity index (χ1v) is 7.12. The van der Waals surface area contributed by atoms with Gasteiger partial charge in [0, 0.05) is 6.07 Å². The van der Waals surface area contributed by atoms with Gasteiger partial charge < -0.3 is 10.1 Å². The van der Waals surface area contributed by atoms with Crippen molar-refractivity contribution in [3.63, 3.8) is 0 Å². The van der Waals surface area contributed by atoms with Crippen LogP contribution in [0.2, 0.25) is 0 Å². The zero-order valence-electron chi connectivity index (χ0n) is 13.3. The molecular formula is C17H18N2O4. The van der Waals surface area contributed by atoms with E-state index in [1.165, 1.54) is 12.1 Å². The number of rotatable bonds is 5. The second-order valence-corrected chi connectivity index (χ2v) is 5.31. The lowest BCUT2D eigenvalue weighted by Crippen LogP contribution is -2.21. The van der Waals surface area contributed by atoms with Crippen LogP contribution in [0.3, 0.4) is 0 Å². The van der Waals surface area contributed by atoms with Crippen molar-refractivity contribution in [2.24, 2.45) is 0 Å². The van der Waals surface area contributed by atoms with Crippen LogP contribution in [0.1, 0.15) is 16.7 Å². The number of ether oxygens (including phenoxy) is 1. The van der Waals surface area contributed by atoms with Crippen molar-refractivity contribution in [1.82, 2.24) is 0 Å². The van der Waals surface area contributed by atoms with Gasteiger partial charge >= 0.3 is 0 Å². The third-order valence-electron chi connectivity index (χ3n) is 3.48. The molecule has 0 saturated heterocycles. The summed E-state index contributed by atoms with van der Waals surface area (Å²) in [6.45, 7) is 5.28. The molecule has 120 valence electrons. The highest BCUT2D eigenvalue weighted by atomic mass is 16.6. The number of nitrogens with one attached hydrogen (secondary N) is 1. The van der Waals surface area contributed by atoms with Crippen LogP contribution in [-0.4, -0.2) is 17.4 Å². The van der Waals surface area contributed by atoms with Crippen LogP contribution in [0, 0.1) is 30.9 Å². The maximum Gasteiger partial charge on any atom is 0.274 e. The van der Waals surface area contributed by atoms with Gasteiger partial charge in [0.1, 0.15) is 5.75 Å². The highest BCUT2D eigenvalue weighted by molar-refractivity contribution is 5.93. The van der Waals surface area contributed by atoms with Crippen molar-refractivity contribution in [3.05, 3.63) is 63.2 Å². The Balaban J connectivity index is 2.04. The van der Waals surface area contributed by atoms with Gasteiger partial charge in [-0.3, -0.25) is 14.9 Å². The number of amides is 1. The lowest BCUT2D eigenvalue weighted by molar-refractivity contribution is -0.385. The van der Waals surface area contributed by atoms with Crippen LogP contribution < -0.4 is 10.1 Å². The molecule has 0 aliphatic heterocycles. The predicted octanol–water partition coefficient (Wildman–Crippen LogP) is 3.54. The summed E-state index contributed by atoms with van der Waals surface area (Å²) in [5.41, 5.74) is 2.78. The van der Waals surface area contributed by atoms with Crippen LogP contribution in [0.4, 0.5) is 11.4 Å². The molecule has 0 radical (unpaired) electrons. The van der Waals surface area contributed by atoms with E-state index < -0.39 is 4.92 Å². The van der Waals surface area contributed by atoms with Crippen molar-refractivity contribution in [1.29, 1.82) is 0 Å². The standard InChI is InChI=1S/C17H18N2O4/c1-11-7-8-12(2)16(9-11)23-10-17(20)18-14-5-4-6-15(13(14)3)19(21)22/h4-9H,10H2,1-3H3,(H,18,20). The second-order valence-electron chi connectivity index (χ2n) is 5.31. The summed E-state index contributed by atoms with van der Waals surface area (Å²) in [4.78, 5) is 22.4. The minimum Gasteiger partial charge on any atom is -0.483 e. The fourth-order valence-corrected chi connectivity index (χ4v) is 2.15. The molecule has 2 rings (SSSR count). The molecule has 23 heavy (non-hydrogen) atoms. The summed E-state index contributed by atoms with van der Waals surface area (Å²) < 4.78 is 5.52. The first kappa shape index (κ1) is 16.5. The Morgan fingerprint density at radius 2 is 1.96 bits per heavy atom. The van der Waals surface area contributed by atoms with E-state index in [4.69, 9.17) is 4.74 Å². The highest BCUT2D eigenvalue weighted by Crippen LogP contribution is 2.25. The quantitative estimate of drug-likeness (QED) is 0.676. The van der Waals surface area contributed by atoms with Gasteiger partial charge in [-0.1, -0.05) is 18.2 Å². The van der Waals surface area contributed by atoms with E-state index in [0.717, 1.165) is 11.1 Å². The molecule has 0 spiro atoms. The Kier molecular flexibility index (Phi) is 4.95. The molecule has 0 unspecified atom stereocenters. The minimum absolute atomic E-state index is 0.0294. The average Bonchev–Trinajstić information content (AvgIpc) is 2.50. The number of anilines is 1. The number of nitro benzene ring substituents is 1. The van der Waals surface area contributed by atoms with Gasteiger partial charge in [0.2, 0.25) is 0 Å². The van der Waals surface area contributed by atoms with Crippen molar-refractivity contribution in [2.75, 3.05) is 11.9 Å². The molecule has 6 nitrogen and oxygen atoms in total. The summed E-state index contributed by atoms with van der Waals surface area (Å²) in [6.07, 6.45) is 0. The van der Waals surface area contributed by atoms with Crippen LogP contribution >= 0.6 is 0 Å². The molecule has 6 heteroatoms. The molecule has 0 heterocycles. The lowest BCUT2D eigenvalue weighted by atomic mass is 10.1. The SMILES string of the molecule is Cc1ccc(C)c(OCC(=O)Nc2cccc([N+](=O)[O-])c2C)c1. The smallest absolute Gasteiger partial charge is 0.274 e. The number of nitrogens with zero attached hydrogens (tertiary/aromatic N) is 1. The Bertz CT molecular complexity index is 756. The maximum absolute atomic E-state index is 12.0. The van der Waals surface area contributed by atoms with Gasteiger partial charge in [0.15, 0.2) is 6.61 Å². The van der Waals surface area contributed by atoms with Crippen molar-refractivity contribution in [3.8, 4) is 5.75 Å². The van der Waals surface area contributed by atoms with Crippen LogP contribution in [0.15, 0.2) is 36.4 Å². The van der Waals surface area contributed by atoms with Crippen LogP contribution in [0.25, 0.3) is 0 Å². The molecule has 0 aliphatic carbocycles. The number of aryl methyl sites for hydroxylation is 2. The Morgan fingerprint density at radius 3 is 2.65 bits per heavy atom. The Labute approximate surface area is 134 Å². The van der Waals surface area contributed by atoms with E-state index in [1.807, 2.05) is 32.0 Å². The lowest BCUT2D eigenvalue weighted by Gasteiger charge is -2.11. The number of benzene rings is 2. The van der Waals surface area contributed by atoms with Gasteiger partial charge in [-0.25, -0.2) is 0 Å². The molecular weight excluding hydrogens is 296 g/mol. The fourth-order valence-electron chi connectivity index (χ4n) is 2.15. The summed E-state index contributed by atoms with van der Waals surface area (Å²) >= 11 is 0. The molecule has 0 saturated carbocycles. The second kappa shape index (κ2) is 6.91. The molecule has 1 amide bonds. The fraction of sp³-hybridized carbons (Fsp3) is 0.235. The normalized spacial score (nSPS) is 10.2. The van der Waals surface area contributed by atoms with Crippen LogP contribution in [-0.2, 0) is 4.79 Å². The van der Waals surface area contributed by atoms with E-state index in [9.17, 15) is 14.9 Å². The molecule has 0 fully saturated rings. The number of hydrogen-bond acceptors (Lipinski definition) is 4. The zero-order valence-corrected chi connectivity index (χ0v) is 13.3. The molecule has 0 aliphatic rings. The molecule has 0 aromatic heterocycles. The van der Waals surface area contributed by atoms with Crippen molar-refractivity contribution < 1.29 is 14.5 Å². The predicted molar refractivity (Wildman–Crippen MR) is 87.9 cm³/mol. The molecule has 0 atom stereocenters. The first-order chi connectivity index (χ1) is 10.9. The van der Waals surface area contributed by atoms with E-state index in [-0.39, 0.29) is 18.2 Å². The summed E-state index contributed by atoms with van der Waals surface area (Å²) in [5.74, 6) is 0.283. The van der Waals surface area contributed by atoms with E-state index in [2.05, 4.69) is 5.32 Å².